The molecule has 1 aromatic rings. The molecule has 0 aliphatic heterocycles. The van der Waals surface area contributed by atoms with Crippen molar-refractivity contribution in [2.45, 2.75) is 43.5 Å². The molecule has 1 amide bonds. The van der Waals surface area contributed by atoms with Gasteiger partial charge in [0.2, 0.25) is 10.0 Å². The molecule has 1 aromatic carbocycles. The normalized spacial score (nSPS) is 22.8. The van der Waals surface area contributed by atoms with Gasteiger partial charge in [-0.1, -0.05) is 25.8 Å². The topological polar surface area (TPSA) is 75.3 Å². The standard InChI is InChI=1S/C15H22N2O3S/c1-11-6-3-4-9-14(11)17-15(18)12-7-5-8-13(10-12)21(19,20)16-2/h5,7-8,10-11,14,16H,3-4,6,9H2,1-2H3,(H,17,18). The molecule has 2 unspecified atom stereocenters. The molecule has 1 aliphatic carbocycles. The van der Waals surface area contributed by atoms with Gasteiger partial charge in [0.25, 0.3) is 5.91 Å². The first-order valence-corrected chi connectivity index (χ1v) is 8.77. The smallest absolute Gasteiger partial charge is 0.251 e. The van der Waals surface area contributed by atoms with Gasteiger partial charge in [-0.3, -0.25) is 4.79 Å². The van der Waals surface area contributed by atoms with Crippen LogP contribution >= 0.6 is 0 Å². The fourth-order valence-corrected chi connectivity index (χ4v) is 3.48. The Morgan fingerprint density at radius 1 is 1.24 bits per heavy atom. The van der Waals surface area contributed by atoms with Crippen LogP contribution < -0.4 is 10.0 Å². The van der Waals surface area contributed by atoms with Crippen LogP contribution in [-0.4, -0.2) is 27.4 Å². The molecule has 0 heterocycles. The first-order chi connectivity index (χ1) is 9.94. The van der Waals surface area contributed by atoms with Crippen LogP contribution in [0.3, 0.4) is 0 Å². The molecule has 2 N–H and O–H groups in total. The van der Waals surface area contributed by atoms with E-state index in [4.69, 9.17) is 0 Å². The second-order valence-electron chi connectivity index (χ2n) is 5.58. The molecule has 0 bridgehead atoms. The van der Waals surface area contributed by atoms with Crippen LogP contribution in [0.4, 0.5) is 0 Å². The van der Waals surface area contributed by atoms with Crippen molar-refractivity contribution in [3.8, 4) is 0 Å². The van der Waals surface area contributed by atoms with Crippen LogP contribution in [0, 0.1) is 5.92 Å². The van der Waals surface area contributed by atoms with E-state index in [2.05, 4.69) is 17.0 Å². The van der Waals surface area contributed by atoms with Gasteiger partial charge in [0.15, 0.2) is 0 Å². The number of benzene rings is 1. The van der Waals surface area contributed by atoms with E-state index in [0.717, 1.165) is 19.3 Å². The van der Waals surface area contributed by atoms with Gasteiger partial charge in [-0.25, -0.2) is 13.1 Å². The minimum absolute atomic E-state index is 0.106. The van der Waals surface area contributed by atoms with Crippen LogP contribution in [0.25, 0.3) is 0 Å². The molecule has 5 nitrogen and oxygen atoms in total. The van der Waals surface area contributed by atoms with Crippen molar-refractivity contribution in [3.63, 3.8) is 0 Å². The zero-order valence-electron chi connectivity index (χ0n) is 12.4. The Hall–Kier alpha value is -1.40. The first kappa shape index (κ1) is 16.0. The molecule has 21 heavy (non-hydrogen) atoms. The minimum Gasteiger partial charge on any atom is -0.349 e. The van der Waals surface area contributed by atoms with Gasteiger partial charge in [0.05, 0.1) is 4.90 Å². The number of sulfonamides is 1. The van der Waals surface area contributed by atoms with Crippen LogP contribution in [0.15, 0.2) is 29.2 Å². The third-order valence-corrected chi connectivity index (χ3v) is 5.52. The number of hydrogen-bond acceptors (Lipinski definition) is 3. The van der Waals surface area contributed by atoms with E-state index in [9.17, 15) is 13.2 Å². The van der Waals surface area contributed by atoms with Crippen molar-refractivity contribution >= 4 is 15.9 Å². The molecule has 2 atom stereocenters. The van der Waals surface area contributed by atoms with Crippen molar-refractivity contribution in [3.05, 3.63) is 29.8 Å². The average Bonchev–Trinajstić information content (AvgIpc) is 2.49. The third-order valence-electron chi connectivity index (χ3n) is 4.10. The summed E-state index contributed by atoms with van der Waals surface area (Å²) in [7, 11) is -2.18. The summed E-state index contributed by atoms with van der Waals surface area (Å²) in [6, 6.07) is 6.29. The van der Waals surface area contributed by atoms with Gasteiger partial charge >= 0.3 is 0 Å². The maximum atomic E-state index is 12.3. The predicted octanol–water partition coefficient (Wildman–Crippen LogP) is 1.90. The molecule has 2 rings (SSSR count). The summed E-state index contributed by atoms with van der Waals surface area (Å²) in [5, 5.41) is 3.03. The molecule has 6 heteroatoms. The Balaban J connectivity index is 2.14. The quantitative estimate of drug-likeness (QED) is 0.892. The molecular formula is C15H22N2O3S. The number of carbonyl (C=O) groups excluding carboxylic acids is 1. The van der Waals surface area contributed by atoms with Crippen molar-refractivity contribution in [2.24, 2.45) is 5.92 Å². The molecule has 1 aliphatic rings. The van der Waals surface area contributed by atoms with E-state index < -0.39 is 10.0 Å². The van der Waals surface area contributed by atoms with Crippen molar-refractivity contribution < 1.29 is 13.2 Å². The van der Waals surface area contributed by atoms with E-state index in [1.54, 1.807) is 12.1 Å². The van der Waals surface area contributed by atoms with Crippen molar-refractivity contribution in [1.29, 1.82) is 0 Å². The second-order valence-corrected chi connectivity index (χ2v) is 7.46. The SMILES string of the molecule is CNS(=O)(=O)c1cccc(C(=O)NC2CCCCC2C)c1. The molecule has 1 saturated carbocycles. The lowest BCUT2D eigenvalue weighted by molar-refractivity contribution is 0.0910. The summed E-state index contributed by atoms with van der Waals surface area (Å²) in [6.07, 6.45) is 4.45. The molecule has 1 fully saturated rings. The Bertz CT molecular complexity index is 613. The number of carbonyl (C=O) groups is 1. The van der Waals surface area contributed by atoms with E-state index >= 15 is 0 Å². The summed E-state index contributed by atoms with van der Waals surface area (Å²) in [5.74, 6) is 0.258. The fourth-order valence-electron chi connectivity index (χ4n) is 2.70. The highest BCUT2D eigenvalue weighted by Crippen LogP contribution is 2.24. The molecule has 116 valence electrons. The Labute approximate surface area is 126 Å². The van der Waals surface area contributed by atoms with Crippen LogP contribution in [0.2, 0.25) is 0 Å². The lowest BCUT2D eigenvalue weighted by Gasteiger charge is -2.29. The van der Waals surface area contributed by atoms with E-state index in [1.807, 2.05) is 0 Å². The van der Waals surface area contributed by atoms with Gasteiger partial charge in [-0.15, -0.1) is 0 Å². The van der Waals surface area contributed by atoms with E-state index in [0.29, 0.717) is 11.5 Å². The summed E-state index contributed by atoms with van der Waals surface area (Å²) in [5.41, 5.74) is 0.379. The van der Waals surface area contributed by atoms with Crippen LogP contribution in [-0.2, 0) is 10.0 Å². The average molecular weight is 310 g/mol. The Kier molecular flexibility index (Phi) is 5.00. The highest BCUT2D eigenvalue weighted by Gasteiger charge is 2.23. The fraction of sp³-hybridized carbons (Fsp3) is 0.533. The highest BCUT2D eigenvalue weighted by atomic mass is 32.2. The molecule has 0 aromatic heterocycles. The minimum atomic E-state index is -3.53. The summed E-state index contributed by atoms with van der Waals surface area (Å²) < 4.78 is 25.8. The van der Waals surface area contributed by atoms with Gasteiger partial charge in [0.1, 0.15) is 0 Å². The Morgan fingerprint density at radius 2 is 1.95 bits per heavy atom. The zero-order chi connectivity index (χ0) is 15.5. The summed E-state index contributed by atoms with van der Waals surface area (Å²) in [6.45, 7) is 2.14. The first-order valence-electron chi connectivity index (χ1n) is 7.28. The molecular weight excluding hydrogens is 288 g/mol. The second kappa shape index (κ2) is 6.58. The lowest BCUT2D eigenvalue weighted by atomic mass is 9.86. The van der Waals surface area contributed by atoms with Crippen LogP contribution in [0.5, 0.6) is 0 Å². The maximum Gasteiger partial charge on any atom is 0.251 e. The van der Waals surface area contributed by atoms with Gasteiger partial charge in [0, 0.05) is 11.6 Å². The van der Waals surface area contributed by atoms with Gasteiger partial charge in [-0.05, 0) is 44.0 Å². The third kappa shape index (κ3) is 3.83. The molecule has 0 spiro atoms. The summed E-state index contributed by atoms with van der Waals surface area (Å²) >= 11 is 0. The molecule has 0 radical (unpaired) electrons. The Morgan fingerprint density at radius 3 is 2.62 bits per heavy atom. The lowest BCUT2D eigenvalue weighted by Crippen LogP contribution is -2.41. The predicted molar refractivity (Wildman–Crippen MR) is 81.6 cm³/mol. The number of nitrogens with one attached hydrogen (secondary N) is 2. The van der Waals surface area contributed by atoms with E-state index in [-0.39, 0.29) is 16.8 Å². The van der Waals surface area contributed by atoms with Gasteiger partial charge in [-0.2, -0.15) is 0 Å². The van der Waals surface area contributed by atoms with Crippen molar-refractivity contribution in [1.82, 2.24) is 10.0 Å². The van der Waals surface area contributed by atoms with E-state index in [1.165, 1.54) is 25.6 Å². The van der Waals surface area contributed by atoms with Gasteiger partial charge < -0.3 is 5.32 Å². The molecule has 0 saturated heterocycles. The highest BCUT2D eigenvalue weighted by molar-refractivity contribution is 7.89. The largest absolute Gasteiger partial charge is 0.349 e. The maximum absolute atomic E-state index is 12.3. The number of hydrogen-bond donors (Lipinski definition) is 2. The number of amides is 1. The van der Waals surface area contributed by atoms with Crippen LogP contribution in [0.1, 0.15) is 43.0 Å². The summed E-state index contributed by atoms with van der Waals surface area (Å²) in [4.78, 5) is 12.4. The number of rotatable bonds is 4. The van der Waals surface area contributed by atoms with Crippen molar-refractivity contribution in [2.75, 3.05) is 7.05 Å². The monoisotopic (exact) mass is 310 g/mol. The zero-order valence-corrected chi connectivity index (χ0v) is 13.2.